The Morgan fingerprint density at radius 2 is 2.30 bits per heavy atom. The Morgan fingerprint density at radius 1 is 1.50 bits per heavy atom. The molecule has 0 bridgehead atoms. The molecule has 0 aliphatic carbocycles. The largest absolute Gasteiger partial charge is 0.384 e. The summed E-state index contributed by atoms with van der Waals surface area (Å²) in [6.07, 6.45) is 0. The van der Waals surface area contributed by atoms with Gasteiger partial charge in [0.1, 0.15) is 17.4 Å². The molecule has 20 heavy (non-hydrogen) atoms. The summed E-state index contributed by atoms with van der Waals surface area (Å²) in [7, 11) is 0. The zero-order chi connectivity index (χ0) is 14.5. The molecule has 0 atom stereocenters. The zero-order valence-electron chi connectivity index (χ0n) is 10.5. The topological polar surface area (TPSA) is 75.1 Å². The van der Waals surface area contributed by atoms with Crippen LogP contribution in [0.5, 0.6) is 0 Å². The van der Waals surface area contributed by atoms with Crippen molar-refractivity contribution in [3.8, 4) is 11.8 Å². The van der Waals surface area contributed by atoms with Crippen molar-refractivity contribution in [2.45, 2.75) is 6.92 Å². The number of aromatic nitrogens is 2. The highest BCUT2D eigenvalue weighted by Gasteiger charge is 2.13. The molecule has 0 spiro atoms. The number of benzene rings is 1. The van der Waals surface area contributed by atoms with Crippen LogP contribution in [0.25, 0.3) is 0 Å². The first-order valence-electron chi connectivity index (χ1n) is 5.61. The van der Waals surface area contributed by atoms with Crippen LogP contribution < -0.4 is 5.32 Å². The normalized spacial score (nSPS) is 9.75. The van der Waals surface area contributed by atoms with E-state index in [9.17, 15) is 9.18 Å². The van der Waals surface area contributed by atoms with Crippen molar-refractivity contribution in [2.75, 3.05) is 11.9 Å². The van der Waals surface area contributed by atoms with Crippen LogP contribution in [0.4, 0.5) is 9.52 Å². The van der Waals surface area contributed by atoms with Crippen LogP contribution in [0.3, 0.4) is 0 Å². The number of carbonyl (C=O) groups is 1. The van der Waals surface area contributed by atoms with Gasteiger partial charge in [-0.3, -0.25) is 10.1 Å². The minimum atomic E-state index is -0.687. The Labute approximate surface area is 118 Å². The minimum Gasteiger partial charge on any atom is -0.384 e. The number of anilines is 1. The molecule has 0 saturated heterocycles. The third kappa shape index (κ3) is 3.38. The van der Waals surface area contributed by atoms with Crippen molar-refractivity contribution in [2.24, 2.45) is 0 Å². The van der Waals surface area contributed by atoms with Crippen molar-refractivity contribution in [1.29, 1.82) is 0 Å². The number of hydrogen-bond acceptors (Lipinski definition) is 5. The summed E-state index contributed by atoms with van der Waals surface area (Å²) in [5.74, 6) is 3.68. The molecule has 0 fully saturated rings. The molecule has 2 aromatic rings. The number of hydrogen-bond donors (Lipinski definition) is 2. The molecule has 0 saturated carbocycles. The van der Waals surface area contributed by atoms with Gasteiger partial charge in [-0.1, -0.05) is 23.2 Å². The van der Waals surface area contributed by atoms with Gasteiger partial charge in [0.15, 0.2) is 0 Å². The first-order chi connectivity index (χ1) is 9.60. The van der Waals surface area contributed by atoms with Gasteiger partial charge in [-0.2, -0.15) is 0 Å². The highest BCUT2D eigenvalue weighted by atomic mass is 32.1. The van der Waals surface area contributed by atoms with E-state index in [4.69, 9.17) is 5.11 Å². The lowest BCUT2D eigenvalue weighted by molar-refractivity contribution is 0.102. The molecule has 0 aliphatic rings. The molecule has 1 amide bonds. The third-order valence-electron chi connectivity index (χ3n) is 2.27. The summed E-state index contributed by atoms with van der Waals surface area (Å²) in [4.78, 5) is 11.9. The van der Waals surface area contributed by atoms with E-state index in [-0.39, 0.29) is 12.2 Å². The van der Waals surface area contributed by atoms with Gasteiger partial charge in [-0.25, -0.2) is 4.39 Å². The number of carbonyl (C=O) groups excluding carboxylic acids is 1. The van der Waals surface area contributed by atoms with E-state index in [1.807, 2.05) is 0 Å². The van der Waals surface area contributed by atoms with Gasteiger partial charge in [-0.05, 0) is 25.1 Å². The van der Waals surface area contributed by atoms with Crippen molar-refractivity contribution < 1.29 is 14.3 Å². The van der Waals surface area contributed by atoms with E-state index >= 15 is 0 Å². The minimum absolute atomic E-state index is 0.104. The fraction of sp³-hybridized carbons (Fsp3) is 0.154. The molecule has 1 heterocycles. The Morgan fingerprint density at radius 3 is 2.90 bits per heavy atom. The van der Waals surface area contributed by atoms with Crippen molar-refractivity contribution in [3.63, 3.8) is 0 Å². The fourth-order valence-electron chi connectivity index (χ4n) is 1.43. The smallest absolute Gasteiger partial charge is 0.260 e. The molecule has 0 aliphatic heterocycles. The van der Waals surface area contributed by atoms with Crippen LogP contribution in [0.1, 0.15) is 20.9 Å². The molecule has 7 heteroatoms. The summed E-state index contributed by atoms with van der Waals surface area (Å²) in [5, 5.41) is 19.5. The Kier molecular flexibility index (Phi) is 4.40. The SMILES string of the molecule is Cc1nnc(NC(=O)c2ccc(C#CCO)cc2F)s1. The van der Waals surface area contributed by atoms with Crippen molar-refractivity contribution >= 4 is 22.4 Å². The number of rotatable bonds is 2. The predicted molar refractivity (Wildman–Crippen MR) is 73.0 cm³/mol. The number of nitrogens with zero attached hydrogens (tertiary/aromatic N) is 2. The van der Waals surface area contributed by atoms with Gasteiger partial charge < -0.3 is 5.11 Å². The molecular formula is C13H10FN3O2S. The van der Waals surface area contributed by atoms with Gasteiger partial charge in [0.05, 0.1) is 5.56 Å². The summed E-state index contributed by atoms with van der Waals surface area (Å²) in [6.45, 7) is 1.45. The zero-order valence-corrected chi connectivity index (χ0v) is 11.3. The van der Waals surface area contributed by atoms with Gasteiger partial charge in [0, 0.05) is 5.56 Å². The van der Waals surface area contributed by atoms with E-state index in [0.717, 1.165) is 6.07 Å². The number of aliphatic hydroxyl groups is 1. The highest BCUT2D eigenvalue weighted by Crippen LogP contribution is 2.16. The van der Waals surface area contributed by atoms with Crippen LogP contribution in [0, 0.1) is 24.6 Å². The van der Waals surface area contributed by atoms with Gasteiger partial charge in [0.2, 0.25) is 5.13 Å². The maximum atomic E-state index is 13.8. The predicted octanol–water partition coefficient (Wildman–Crippen LogP) is 1.58. The van der Waals surface area contributed by atoms with E-state index < -0.39 is 11.7 Å². The average molecular weight is 291 g/mol. The average Bonchev–Trinajstić information content (AvgIpc) is 2.81. The summed E-state index contributed by atoms with van der Waals surface area (Å²) >= 11 is 1.20. The Bertz CT molecular complexity index is 703. The molecular weight excluding hydrogens is 281 g/mol. The lowest BCUT2D eigenvalue weighted by Gasteiger charge is -2.03. The number of nitrogens with one attached hydrogen (secondary N) is 1. The summed E-state index contributed by atoms with van der Waals surface area (Å²) in [5.41, 5.74) is 0.285. The lowest BCUT2D eigenvalue weighted by Crippen LogP contribution is -2.13. The second-order valence-electron chi connectivity index (χ2n) is 3.73. The maximum Gasteiger partial charge on any atom is 0.260 e. The first-order valence-corrected chi connectivity index (χ1v) is 6.42. The quantitative estimate of drug-likeness (QED) is 0.824. The summed E-state index contributed by atoms with van der Waals surface area (Å²) < 4.78 is 13.8. The number of aliphatic hydroxyl groups excluding tert-OH is 1. The molecule has 0 radical (unpaired) electrons. The maximum absolute atomic E-state index is 13.8. The number of aryl methyl sites for hydroxylation is 1. The Balaban J connectivity index is 2.18. The molecule has 0 unspecified atom stereocenters. The van der Waals surface area contributed by atoms with Crippen LogP contribution in [0.2, 0.25) is 0 Å². The van der Waals surface area contributed by atoms with Gasteiger partial charge in [-0.15, -0.1) is 10.2 Å². The lowest BCUT2D eigenvalue weighted by atomic mass is 10.1. The molecule has 102 valence electrons. The Hall–Kier alpha value is -2.30. The number of halogens is 1. The van der Waals surface area contributed by atoms with Gasteiger partial charge in [0.25, 0.3) is 5.91 Å². The van der Waals surface area contributed by atoms with E-state index in [1.54, 1.807) is 6.92 Å². The first kappa shape index (κ1) is 14.1. The molecule has 2 rings (SSSR count). The van der Waals surface area contributed by atoms with Crippen LogP contribution in [-0.4, -0.2) is 27.8 Å². The van der Waals surface area contributed by atoms with Crippen LogP contribution >= 0.6 is 11.3 Å². The number of amides is 1. The molecule has 1 aromatic carbocycles. The monoisotopic (exact) mass is 291 g/mol. The molecule has 1 aromatic heterocycles. The molecule has 2 N–H and O–H groups in total. The van der Waals surface area contributed by atoms with E-state index in [0.29, 0.717) is 15.7 Å². The van der Waals surface area contributed by atoms with Gasteiger partial charge >= 0.3 is 0 Å². The summed E-state index contributed by atoms with van der Waals surface area (Å²) in [6, 6.07) is 3.98. The van der Waals surface area contributed by atoms with Crippen molar-refractivity contribution in [1.82, 2.24) is 10.2 Å². The highest BCUT2D eigenvalue weighted by molar-refractivity contribution is 7.15. The van der Waals surface area contributed by atoms with E-state index in [2.05, 4.69) is 27.4 Å². The standard InChI is InChI=1S/C13H10FN3O2S/c1-8-16-17-13(20-8)15-12(19)10-5-4-9(3-2-6-18)7-11(10)14/h4-5,7,18H,6H2,1H3,(H,15,17,19). The second-order valence-corrected chi connectivity index (χ2v) is 4.92. The van der Waals surface area contributed by atoms with Crippen LogP contribution in [-0.2, 0) is 0 Å². The van der Waals surface area contributed by atoms with Crippen LogP contribution in [0.15, 0.2) is 18.2 Å². The van der Waals surface area contributed by atoms with Crippen molar-refractivity contribution in [3.05, 3.63) is 40.2 Å². The molecule has 5 nitrogen and oxygen atoms in total. The third-order valence-corrected chi connectivity index (χ3v) is 3.03. The van der Waals surface area contributed by atoms with E-state index in [1.165, 1.54) is 23.5 Å². The fourth-order valence-corrected chi connectivity index (χ4v) is 2.02. The second kappa shape index (κ2) is 6.23.